The molecule has 1 aromatic heterocycles. The number of benzene rings is 1. The van der Waals surface area contributed by atoms with Crippen LogP contribution in [0.15, 0.2) is 53.9 Å². The van der Waals surface area contributed by atoms with E-state index < -0.39 is 12.0 Å². The minimum absolute atomic E-state index is 0.158. The van der Waals surface area contributed by atoms with E-state index in [1.54, 1.807) is 19.1 Å². The monoisotopic (exact) mass is 428 g/mol. The molecule has 0 radical (unpaired) electrons. The molecule has 0 aliphatic carbocycles. The summed E-state index contributed by atoms with van der Waals surface area (Å²) in [4.78, 5) is 27.7. The molecule has 0 saturated carbocycles. The Morgan fingerprint density at radius 3 is 2.73 bits per heavy atom. The number of halogens is 1. The van der Waals surface area contributed by atoms with Crippen molar-refractivity contribution in [3.05, 3.63) is 70.1 Å². The second kappa shape index (κ2) is 8.53. The number of carbonyl (C=O) groups is 2. The lowest BCUT2D eigenvalue weighted by molar-refractivity contribution is -0.139. The van der Waals surface area contributed by atoms with Gasteiger partial charge in [-0.2, -0.15) is 0 Å². The van der Waals surface area contributed by atoms with Crippen LogP contribution >= 0.6 is 11.6 Å². The first-order valence-corrected chi connectivity index (χ1v) is 10.5. The van der Waals surface area contributed by atoms with E-state index in [-0.39, 0.29) is 18.7 Å². The van der Waals surface area contributed by atoms with E-state index in [0.29, 0.717) is 22.8 Å². The molecule has 2 aliphatic heterocycles. The zero-order chi connectivity index (χ0) is 21.3. The van der Waals surface area contributed by atoms with E-state index in [0.717, 1.165) is 18.7 Å². The third kappa shape index (κ3) is 3.95. The number of carbonyl (C=O) groups excluding carboxylic acids is 2. The minimum Gasteiger partial charge on any atom is -0.463 e. The van der Waals surface area contributed by atoms with Crippen LogP contribution in [0.4, 0.5) is 4.79 Å². The van der Waals surface area contributed by atoms with Gasteiger partial charge < -0.3 is 19.9 Å². The van der Waals surface area contributed by atoms with E-state index in [1.807, 2.05) is 18.2 Å². The number of nitrogens with zero attached hydrogens (tertiary/aromatic N) is 2. The van der Waals surface area contributed by atoms with Crippen molar-refractivity contribution in [3.63, 3.8) is 0 Å². The van der Waals surface area contributed by atoms with Gasteiger partial charge in [-0.3, -0.25) is 4.90 Å². The SMILES string of the molecule is CCOC(=O)C1=C(CN2CCn3cccc3C2C)NC(=O)NC1c1ccc(Cl)cc1. The molecule has 2 N–H and O–H groups in total. The molecule has 3 heterocycles. The first-order chi connectivity index (χ1) is 14.5. The van der Waals surface area contributed by atoms with Crippen LogP contribution in [-0.2, 0) is 16.1 Å². The summed E-state index contributed by atoms with van der Waals surface area (Å²) in [5.74, 6) is -0.437. The van der Waals surface area contributed by atoms with Crippen molar-refractivity contribution in [1.82, 2.24) is 20.1 Å². The van der Waals surface area contributed by atoms with Gasteiger partial charge in [0.25, 0.3) is 0 Å². The number of rotatable bonds is 5. The summed E-state index contributed by atoms with van der Waals surface area (Å²) in [6.45, 7) is 6.28. The summed E-state index contributed by atoms with van der Waals surface area (Å²) in [5, 5.41) is 6.30. The third-order valence-electron chi connectivity index (χ3n) is 5.68. The average Bonchev–Trinajstić information content (AvgIpc) is 3.20. The van der Waals surface area contributed by atoms with Gasteiger partial charge in [0.15, 0.2) is 0 Å². The van der Waals surface area contributed by atoms with Crippen LogP contribution in [0.3, 0.4) is 0 Å². The molecule has 4 rings (SSSR count). The molecule has 1 aromatic carbocycles. The van der Waals surface area contributed by atoms with E-state index in [1.165, 1.54) is 5.69 Å². The summed E-state index contributed by atoms with van der Waals surface area (Å²) in [5.41, 5.74) is 2.99. The molecular weight excluding hydrogens is 404 g/mol. The summed E-state index contributed by atoms with van der Waals surface area (Å²) < 4.78 is 7.58. The van der Waals surface area contributed by atoms with Gasteiger partial charge in [-0.05, 0) is 43.7 Å². The maximum absolute atomic E-state index is 12.9. The normalized spacial score (nSPS) is 21.6. The van der Waals surface area contributed by atoms with Gasteiger partial charge in [0, 0.05) is 48.3 Å². The maximum atomic E-state index is 12.9. The van der Waals surface area contributed by atoms with Crippen LogP contribution in [0.2, 0.25) is 5.02 Å². The molecule has 0 bridgehead atoms. The first-order valence-electron chi connectivity index (χ1n) is 10.1. The smallest absolute Gasteiger partial charge is 0.338 e. The number of nitrogens with one attached hydrogen (secondary N) is 2. The van der Waals surface area contributed by atoms with E-state index in [4.69, 9.17) is 16.3 Å². The summed E-state index contributed by atoms with van der Waals surface area (Å²) in [7, 11) is 0. The zero-order valence-electron chi connectivity index (χ0n) is 17.0. The van der Waals surface area contributed by atoms with Gasteiger partial charge in [-0.25, -0.2) is 9.59 Å². The van der Waals surface area contributed by atoms with Gasteiger partial charge in [0.05, 0.1) is 18.2 Å². The standard InChI is InChI=1S/C22H25ClN4O3/c1-3-30-21(28)19-17(13-27-12-11-26-10-4-5-18(26)14(27)2)24-22(29)25-20(19)15-6-8-16(23)9-7-15/h4-10,14,20H,3,11-13H2,1-2H3,(H2,24,25,29). The van der Waals surface area contributed by atoms with Crippen molar-refractivity contribution in [2.45, 2.75) is 32.5 Å². The van der Waals surface area contributed by atoms with Gasteiger partial charge in [0.1, 0.15) is 0 Å². The highest BCUT2D eigenvalue weighted by Gasteiger charge is 2.35. The molecule has 7 nitrogen and oxygen atoms in total. The van der Waals surface area contributed by atoms with E-state index >= 15 is 0 Å². The van der Waals surface area contributed by atoms with Crippen molar-refractivity contribution >= 4 is 23.6 Å². The van der Waals surface area contributed by atoms with E-state index in [9.17, 15) is 9.59 Å². The van der Waals surface area contributed by atoms with Crippen LogP contribution in [-0.4, -0.2) is 41.2 Å². The molecule has 30 heavy (non-hydrogen) atoms. The molecule has 158 valence electrons. The number of esters is 1. The van der Waals surface area contributed by atoms with Gasteiger partial charge in [-0.1, -0.05) is 23.7 Å². The fourth-order valence-corrected chi connectivity index (χ4v) is 4.27. The Morgan fingerprint density at radius 1 is 1.23 bits per heavy atom. The number of hydrogen-bond acceptors (Lipinski definition) is 4. The van der Waals surface area contributed by atoms with Crippen molar-refractivity contribution in [2.75, 3.05) is 19.7 Å². The van der Waals surface area contributed by atoms with Crippen LogP contribution in [0, 0.1) is 0 Å². The van der Waals surface area contributed by atoms with Gasteiger partial charge in [-0.15, -0.1) is 0 Å². The molecule has 0 spiro atoms. The Balaban J connectivity index is 1.70. The molecule has 0 fully saturated rings. The molecule has 8 heteroatoms. The lowest BCUT2D eigenvalue weighted by Gasteiger charge is -2.37. The Hall–Kier alpha value is -2.77. The average molecular weight is 429 g/mol. The lowest BCUT2D eigenvalue weighted by atomic mass is 9.94. The van der Waals surface area contributed by atoms with E-state index in [2.05, 4.69) is 39.3 Å². The van der Waals surface area contributed by atoms with Crippen molar-refractivity contribution in [2.24, 2.45) is 0 Å². The van der Waals surface area contributed by atoms with Gasteiger partial charge in [0.2, 0.25) is 0 Å². The molecule has 0 saturated heterocycles. The molecular formula is C22H25ClN4O3. The van der Waals surface area contributed by atoms with Crippen molar-refractivity contribution < 1.29 is 14.3 Å². The number of hydrogen-bond donors (Lipinski definition) is 2. The fourth-order valence-electron chi connectivity index (χ4n) is 4.14. The van der Waals surface area contributed by atoms with Crippen LogP contribution in [0.1, 0.15) is 37.2 Å². The van der Waals surface area contributed by atoms with Crippen molar-refractivity contribution in [3.8, 4) is 0 Å². The number of ether oxygens (including phenoxy) is 1. The Kier molecular flexibility index (Phi) is 5.83. The minimum atomic E-state index is -0.603. The van der Waals surface area contributed by atoms with Crippen LogP contribution < -0.4 is 10.6 Å². The highest BCUT2D eigenvalue weighted by Crippen LogP contribution is 2.31. The topological polar surface area (TPSA) is 75.6 Å². The lowest BCUT2D eigenvalue weighted by Crippen LogP contribution is -2.49. The van der Waals surface area contributed by atoms with Crippen LogP contribution in [0.25, 0.3) is 0 Å². The number of aromatic nitrogens is 1. The largest absolute Gasteiger partial charge is 0.463 e. The highest BCUT2D eigenvalue weighted by atomic mass is 35.5. The number of fused-ring (bicyclic) bond motifs is 1. The molecule has 2 unspecified atom stereocenters. The molecule has 2 amide bonds. The Bertz CT molecular complexity index is 983. The maximum Gasteiger partial charge on any atom is 0.338 e. The Morgan fingerprint density at radius 2 is 2.00 bits per heavy atom. The zero-order valence-corrected chi connectivity index (χ0v) is 17.8. The summed E-state index contributed by atoms with van der Waals surface area (Å²) in [6, 6.07) is 10.5. The molecule has 2 atom stereocenters. The second-order valence-corrected chi connectivity index (χ2v) is 7.91. The predicted octanol–water partition coefficient (Wildman–Crippen LogP) is 3.39. The highest BCUT2D eigenvalue weighted by molar-refractivity contribution is 6.30. The fraction of sp³-hybridized carbons (Fsp3) is 0.364. The molecule has 2 aromatic rings. The first kappa shape index (κ1) is 20.5. The summed E-state index contributed by atoms with van der Waals surface area (Å²) >= 11 is 6.02. The number of urea groups is 1. The van der Waals surface area contributed by atoms with Crippen LogP contribution in [0.5, 0.6) is 0 Å². The number of amides is 2. The Labute approximate surface area is 180 Å². The van der Waals surface area contributed by atoms with Gasteiger partial charge >= 0.3 is 12.0 Å². The molecule has 2 aliphatic rings. The predicted molar refractivity (Wildman–Crippen MR) is 114 cm³/mol. The van der Waals surface area contributed by atoms with Crippen molar-refractivity contribution in [1.29, 1.82) is 0 Å². The third-order valence-corrected chi connectivity index (χ3v) is 5.93. The second-order valence-electron chi connectivity index (χ2n) is 7.47. The quantitative estimate of drug-likeness (QED) is 0.716. The summed E-state index contributed by atoms with van der Waals surface area (Å²) in [6.07, 6.45) is 2.08.